The van der Waals surface area contributed by atoms with Gasteiger partial charge in [0.1, 0.15) is 17.0 Å². The molecule has 5 nitrogen and oxygen atoms in total. The highest BCUT2D eigenvalue weighted by Crippen LogP contribution is 2.19. The van der Waals surface area contributed by atoms with Crippen molar-refractivity contribution in [2.45, 2.75) is 18.2 Å². The molecule has 0 fully saturated rings. The number of rotatable bonds is 3. The molecule has 1 aromatic rings. The zero-order chi connectivity index (χ0) is 12.2. The maximum Gasteiger partial charge on any atom is 0.182 e. The van der Waals surface area contributed by atoms with E-state index in [9.17, 15) is 8.42 Å². The molecule has 0 bridgehead atoms. The topological polar surface area (TPSA) is 94.6 Å². The highest BCUT2D eigenvalue weighted by atomic mass is 32.2. The Labute approximate surface area is 93.9 Å². The Hall–Kier alpha value is -1.92. The zero-order valence-electron chi connectivity index (χ0n) is 8.64. The van der Waals surface area contributed by atoms with E-state index in [-0.39, 0.29) is 21.9 Å². The third-order valence-electron chi connectivity index (χ3n) is 1.91. The lowest BCUT2D eigenvalue weighted by Crippen LogP contribution is -2.11. The summed E-state index contributed by atoms with van der Waals surface area (Å²) in [6, 6.07) is 4.75. The third-order valence-corrected chi connectivity index (χ3v) is 3.90. The molecule has 0 saturated carbocycles. The van der Waals surface area contributed by atoms with E-state index in [0.29, 0.717) is 6.42 Å². The Kier molecular flexibility index (Phi) is 3.60. The van der Waals surface area contributed by atoms with Crippen molar-refractivity contribution in [3.8, 4) is 12.1 Å². The lowest BCUT2D eigenvalue weighted by atomic mass is 10.2. The van der Waals surface area contributed by atoms with Crippen LogP contribution in [0.1, 0.15) is 24.6 Å². The maximum absolute atomic E-state index is 11.8. The minimum absolute atomic E-state index is 0.0278. The standard InChI is InChI=1S/C10H9N3O2S/c1-2-5-16(14,15)10-8(6-11)3-4-13-9(10)7-12/h3-4H,2,5H2,1H3. The van der Waals surface area contributed by atoms with Crippen molar-refractivity contribution < 1.29 is 8.42 Å². The largest absolute Gasteiger partial charge is 0.244 e. The van der Waals surface area contributed by atoms with Crippen LogP contribution in [0.2, 0.25) is 0 Å². The molecule has 0 aliphatic rings. The molecule has 6 heteroatoms. The molecule has 0 N–H and O–H groups in total. The van der Waals surface area contributed by atoms with Crippen molar-refractivity contribution in [3.05, 3.63) is 23.5 Å². The van der Waals surface area contributed by atoms with Gasteiger partial charge in [-0.05, 0) is 12.5 Å². The molecule has 0 radical (unpaired) electrons. The minimum Gasteiger partial charge on any atom is -0.244 e. The third kappa shape index (κ3) is 2.18. The summed E-state index contributed by atoms with van der Waals surface area (Å²) in [5.41, 5.74) is -0.243. The Morgan fingerprint density at radius 2 is 2.06 bits per heavy atom. The van der Waals surface area contributed by atoms with Crippen LogP contribution >= 0.6 is 0 Å². The molecule has 0 aliphatic heterocycles. The fourth-order valence-corrected chi connectivity index (χ4v) is 2.88. The molecule has 0 saturated heterocycles. The summed E-state index contributed by atoms with van der Waals surface area (Å²) < 4.78 is 23.7. The molecule has 0 unspecified atom stereocenters. The molecule has 16 heavy (non-hydrogen) atoms. The van der Waals surface area contributed by atoms with Crippen LogP contribution in [0, 0.1) is 22.7 Å². The average Bonchev–Trinajstić information content (AvgIpc) is 2.27. The molecule has 0 spiro atoms. The second-order valence-corrected chi connectivity index (χ2v) is 5.12. The Morgan fingerprint density at radius 1 is 1.38 bits per heavy atom. The lowest BCUT2D eigenvalue weighted by molar-refractivity contribution is 0.593. The van der Waals surface area contributed by atoms with Gasteiger partial charge in [0.15, 0.2) is 15.5 Å². The monoisotopic (exact) mass is 235 g/mol. The van der Waals surface area contributed by atoms with Crippen LogP contribution in [0.5, 0.6) is 0 Å². The summed E-state index contributed by atoms with van der Waals surface area (Å²) in [5, 5.41) is 17.6. The molecule has 0 aliphatic carbocycles. The number of hydrogen-bond donors (Lipinski definition) is 0. The number of sulfone groups is 1. The lowest BCUT2D eigenvalue weighted by Gasteiger charge is -2.05. The minimum atomic E-state index is -3.60. The number of nitrogens with zero attached hydrogens (tertiary/aromatic N) is 3. The summed E-state index contributed by atoms with van der Waals surface area (Å²) >= 11 is 0. The van der Waals surface area contributed by atoms with E-state index >= 15 is 0 Å². The van der Waals surface area contributed by atoms with Crippen LogP contribution in [0.15, 0.2) is 17.2 Å². The number of hydrogen-bond acceptors (Lipinski definition) is 5. The van der Waals surface area contributed by atoms with Crippen LogP contribution in [-0.4, -0.2) is 19.2 Å². The fourth-order valence-electron chi connectivity index (χ4n) is 1.30. The van der Waals surface area contributed by atoms with Gasteiger partial charge < -0.3 is 0 Å². The first kappa shape index (κ1) is 12.2. The molecule has 1 rings (SSSR count). The highest BCUT2D eigenvalue weighted by Gasteiger charge is 2.23. The van der Waals surface area contributed by atoms with Crippen molar-refractivity contribution in [2.24, 2.45) is 0 Å². The van der Waals surface area contributed by atoms with E-state index in [0.717, 1.165) is 0 Å². The van der Waals surface area contributed by atoms with Gasteiger partial charge in [-0.1, -0.05) is 6.92 Å². The summed E-state index contributed by atoms with van der Waals surface area (Å²) in [7, 11) is -3.60. The molecule has 0 aromatic carbocycles. The maximum atomic E-state index is 11.8. The molecule has 0 amide bonds. The Balaban J connectivity index is 3.56. The van der Waals surface area contributed by atoms with Gasteiger partial charge in [-0.15, -0.1) is 0 Å². The second-order valence-electron chi connectivity index (χ2n) is 3.08. The van der Waals surface area contributed by atoms with Gasteiger partial charge in [0.05, 0.1) is 11.3 Å². The smallest absolute Gasteiger partial charge is 0.182 e. The van der Waals surface area contributed by atoms with Crippen molar-refractivity contribution in [2.75, 3.05) is 5.75 Å². The predicted molar refractivity (Wildman–Crippen MR) is 56.0 cm³/mol. The summed E-state index contributed by atoms with van der Waals surface area (Å²) in [5.74, 6) is -0.0952. The normalized spacial score (nSPS) is 10.4. The summed E-state index contributed by atoms with van der Waals surface area (Å²) in [6.45, 7) is 1.71. The van der Waals surface area contributed by atoms with Crippen LogP contribution in [-0.2, 0) is 9.84 Å². The molecule has 1 heterocycles. The average molecular weight is 235 g/mol. The van der Waals surface area contributed by atoms with Crippen LogP contribution < -0.4 is 0 Å². The van der Waals surface area contributed by atoms with E-state index in [1.165, 1.54) is 12.3 Å². The molecule has 1 aromatic heterocycles. The van der Waals surface area contributed by atoms with Gasteiger partial charge in [0, 0.05) is 6.20 Å². The van der Waals surface area contributed by atoms with Gasteiger partial charge in [0.25, 0.3) is 0 Å². The van der Waals surface area contributed by atoms with E-state index in [2.05, 4.69) is 4.98 Å². The molecule has 0 atom stereocenters. The van der Waals surface area contributed by atoms with Crippen LogP contribution in [0.3, 0.4) is 0 Å². The first-order chi connectivity index (χ1) is 7.56. The molecular formula is C10H9N3O2S. The zero-order valence-corrected chi connectivity index (χ0v) is 9.45. The predicted octanol–water partition coefficient (Wildman–Crippen LogP) is 1.01. The van der Waals surface area contributed by atoms with E-state index in [1.807, 2.05) is 0 Å². The van der Waals surface area contributed by atoms with Gasteiger partial charge >= 0.3 is 0 Å². The van der Waals surface area contributed by atoms with Crippen LogP contribution in [0.25, 0.3) is 0 Å². The van der Waals surface area contributed by atoms with E-state index < -0.39 is 9.84 Å². The summed E-state index contributed by atoms with van der Waals surface area (Å²) in [4.78, 5) is 3.41. The Bertz CT molecular complexity index is 547. The number of nitriles is 2. The fraction of sp³-hybridized carbons (Fsp3) is 0.300. The van der Waals surface area contributed by atoms with Crippen molar-refractivity contribution in [1.82, 2.24) is 4.98 Å². The SMILES string of the molecule is CCCS(=O)(=O)c1c(C#N)ccnc1C#N. The number of aromatic nitrogens is 1. The first-order valence-corrected chi connectivity index (χ1v) is 6.24. The highest BCUT2D eigenvalue weighted by molar-refractivity contribution is 7.91. The van der Waals surface area contributed by atoms with Crippen molar-refractivity contribution >= 4 is 9.84 Å². The van der Waals surface area contributed by atoms with Crippen LogP contribution in [0.4, 0.5) is 0 Å². The van der Waals surface area contributed by atoms with Gasteiger partial charge in [-0.25, -0.2) is 13.4 Å². The van der Waals surface area contributed by atoms with Gasteiger partial charge in [-0.2, -0.15) is 10.5 Å². The van der Waals surface area contributed by atoms with Gasteiger partial charge in [0.2, 0.25) is 0 Å². The number of pyridine rings is 1. The van der Waals surface area contributed by atoms with E-state index in [1.54, 1.807) is 19.1 Å². The first-order valence-electron chi connectivity index (χ1n) is 4.58. The van der Waals surface area contributed by atoms with Crippen molar-refractivity contribution in [3.63, 3.8) is 0 Å². The van der Waals surface area contributed by atoms with Gasteiger partial charge in [-0.3, -0.25) is 0 Å². The molecular weight excluding hydrogens is 226 g/mol. The van der Waals surface area contributed by atoms with E-state index in [4.69, 9.17) is 10.5 Å². The summed E-state index contributed by atoms with van der Waals surface area (Å²) in [6.07, 6.45) is 1.68. The van der Waals surface area contributed by atoms with Crippen molar-refractivity contribution in [1.29, 1.82) is 10.5 Å². The Morgan fingerprint density at radius 3 is 2.56 bits per heavy atom. The second kappa shape index (κ2) is 4.73. The molecule has 82 valence electrons. The quantitative estimate of drug-likeness (QED) is 0.779.